The monoisotopic (exact) mass is 471 g/mol. The fourth-order valence-electron chi connectivity index (χ4n) is 5.64. The number of aromatic nitrogens is 2. The number of nitrogens with zero attached hydrogens (tertiary/aromatic N) is 2. The van der Waals surface area contributed by atoms with Crippen molar-refractivity contribution in [3.8, 4) is 5.75 Å². The van der Waals surface area contributed by atoms with Crippen LogP contribution in [0, 0.1) is 0 Å². The first-order valence-electron chi connectivity index (χ1n) is 10.6. The van der Waals surface area contributed by atoms with Crippen LogP contribution < -0.4 is 10.1 Å². The van der Waals surface area contributed by atoms with Crippen LogP contribution in [0.2, 0.25) is 0 Å². The summed E-state index contributed by atoms with van der Waals surface area (Å²) in [6, 6.07) is 11.9. The lowest BCUT2D eigenvalue weighted by Crippen LogP contribution is -2.32. The molecule has 1 saturated heterocycles. The third kappa shape index (κ3) is 2.77. The maximum Gasteiger partial charge on any atom is 0.208 e. The second kappa shape index (κ2) is 7.27. The molecule has 2 bridgehead atoms. The van der Waals surface area contributed by atoms with Crippen molar-refractivity contribution < 1.29 is 13.2 Å². The molecular formula is C24H26ClN3O3S. The lowest BCUT2D eigenvalue weighted by molar-refractivity contribution is 0.416. The van der Waals surface area contributed by atoms with Gasteiger partial charge in [0.1, 0.15) is 5.75 Å². The average Bonchev–Trinajstić information content (AvgIpc) is 3.41. The summed E-state index contributed by atoms with van der Waals surface area (Å²) in [5.41, 5.74) is 4.39. The average molecular weight is 472 g/mol. The third-order valence-corrected chi connectivity index (χ3v) is 8.86. The van der Waals surface area contributed by atoms with Crippen molar-refractivity contribution in [1.82, 2.24) is 14.5 Å². The Kier molecular flexibility index (Phi) is 4.85. The molecule has 2 aromatic heterocycles. The summed E-state index contributed by atoms with van der Waals surface area (Å²) in [6.45, 7) is 0. The van der Waals surface area contributed by atoms with Gasteiger partial charge in [0.25, 0.3) is 0 Å². The molecule has 4 aromatic rings. The Balaban J connectivity index is 0.00000216. The molecule has 2 aliphatic rings. The maximum absolute atomic E-state index is 13.8. The number of benzene rings is 2. The number of aryl methyl sites for hydroxylation is 2. The first-order chi connectivity index (χ1) is 14.9. The van der Waals surface area contributed by atoms with E-state index in [2.05, 4.69) is 16.9 Å². The van der Waals surface area contributed by atoms with E-state index in [1.807, 2.05) is 41.9 Å². The second-order valence-electron chi connectivity index (χ2n) is 8.76. The van der Waals surface area contributed by atoms with Gasteiger partial charge in [0, 0.05) is 66.8 Å². The highest BCUT2D eigenvalue weighted by atomic mass is 35.5. The number of ether oxygens (including phenoxy) is 1. The quantitative estimate of drug-likeness (QED) is 0.484. The third-order valence-electron chi connectivity index (χ3n) is 7.10. The van der Waals surface area contributed by atoms with Crippen LogP contribution in [0.3, 0.4) is 0 Å². The van der Waals surface area contributed by atoms with Crippen LogP contribution in [0.1, 0.15) is 30.1 Å². The summed E-state index contributed by atoms with van der Waals surface area (Å²) in [5, 5.41) is 5.42. The van der Waals surface area contributed by atoms with Gasteiger partial charge in [-0.25, -0.2) is 8.42 Å². The van der Waals surface area contributed by atoms with Crippen molar-refractivity contribution in [2.75, 3.05) is 7.11 Å². The van der Waals surface area contributed by atoms with Crippen LogP contribution in [0.4, 0.5) is 0 Å². The molecule has 6 rings (SSSR count). The molecule has 0 aliphatic carbocycles. The summed E-state index contributed by atoms with van der Waals surface area (Å²) in [5.74, 6) is 0.601. The molecular weight excluding hydrogens is 446 g/mol. The lowest BCUT2D eigenvalue weighted by atomic mass is 9.99. The van der Waals surface area contributed by atoms with Crippen LogP contribution in [0.5, 0.6) is 5.75 Å². The van der Waals surface area contributed by atoms with E-state index in [9.17, 15) is 8.42 Å². The molecule has 1 N–H and O–H groups in total. The number of nitrogens with one attached hydrogen (secondary N) is 1. The number of fused-ring (bicyclic) bond motifs is 7. The summed E-state index contributed by atoms with van der Waals surface area (Å²) in [6.07, 6.45) is 4.91. The Hall–Kier alpha value is -2.48. The molecule has 0 saturated carbocycles. The SMILES string of the molecule is COc1cc(S(=O)(=O)c2cn(C)c3ccccc23)cc2c3c(n(C)c12)CC1CCC3N1.Cl. The Morgan fingerprint density at radius 1 is 1.09 bits per heavy atom. The molecule has 0 radical (unpaired) electrons. The van der Waals surface area contributed by atoms with Crippen molar-refractivity contribution >= 4 is 44.1 Å². The summed E-state index contributed by atoms with van der Waals surface area (Å²) in [4.78, 5) is 0.609. The predicted octanol–water partition coefficient (Wildman–Crippen LogP) is 4.28. The molecule has 0 spiro atoms. The van der Waals surface area contributed by atoms with Crippen molar-refractivity contribution in [3.05, 3.63) is 53.9 Å². The van der Waals surface area contributed by atoms with Crippen LogP contribution in [0.25, 0.3) is 21.8 Å². The largest absolute Gasteiger partial charge is 0.495 e. The maximum atomic E-state index is 13.8. The number of halogens is 1. The van der Waals surface area contributed by atoms with Gasteiger partial charge in [-0.05, 0) is 30.5 Å². The fourth-order valence-corrected chi connectivity index (χ4v) is 7.19. The van der Waals surface area contributed by atoms with Gasteiger partial charge in [-0.2, -0.15) is 0 Å². The van der Waals surface area contributed by atoms with Crippen molar-refractivity contribution in [2.45, 2.75) is 41.1 Å². The zero-order valence-corrected chi connectivity index (χ0v) is 19.9. The van der Waals surface area contributed by atoms with Crippen LogP contribution in [0.15, 0.2) is 52.4 Å². The zero-order chi connectivity index (χ0) is 21.5. The first-order valence-corrected chi connectivity index (χ1v) is 12.1. The van der Waals surface area contributed by atoms with Gasteiger partial charge in [0.2, 0.25) is 9.84 Å². The van der Waals surface area contributed by atoms with E-state index in [1.54, 1.807) is 19.4 Å². The van der Waals surface area contributed by atoms with Crippen LogP contribution in [-0.2, 0) is 30.4 Å². The Morgan fingerprint density at radius 3 is 2.66 bits per heavy atom. The molecule has 4 heterocycles. The fraction of sp³-hybridized carbons (Fsp3) is 0.333. The van der Waals surface area contributed by atoms with Gasteiger partial charge in [-0.3, -0.25) is 0 Å². The minimum atomic E-state index is -3.73. The molecule has 168 valence electrons. The minimum absolute atomic E-state index is 0. The van der Waals surface area contributed by atoms with Crippen LogP contribution >= 0.6 is 12.4 Å². The van der Waals surface area contributed by atoms with Gasteiger partial charge in [-0.15, -0.1) is 12.4 Å². The van der Waals surface area contributed by atoms with Crippen LogP contribution in [-0.4, -0.2) is 30.7 Å². The van der Waals surface area contributed by atoms with Crippen molar-refractivity contribution in [2.24, 2.45) is 14.1 Å². The molecule has 6 nitrogen and oxygen atoms in total. The number of sulfone groups is 1. The van der Waals surface area contributed by atoms with Crippen molar-refractivity contribution in [1.29, 1.82) is 0 Å². The van der Waals surface area contributed by atoms with E-state index in [1.165, 1.54) is 11.3 Å². The standard InChI is InChI=1S/C24H25N3O3S.ClH/c1-26-13-22(16-6-4-5-7-19(16)26)31(28,29)15-11-17-23-18-9-8-14(25-18)10-20(23)27(2)24(17)21(12-15)30-3;/h4-7,11-14,18,25H,8-10H2,1-3H3;1H. The number of hydrogen-bond acceptors (Lipinski definition) is 4. The predicted molar refractivity (Wildman–Crippen MR) is 128 cm³/mol. The van der Waals surface area contributed by atoms with Gasteiger partial charge in [-0.1, -0.05) is 18.2 Å². The first kappa shape index (κ1) is 21.4. The molecule has 8 heteroatoms. The lowest BCUT2D eigenvalue weighted by Gasteiger charge is -2.23. The zero-order valence-electron chi connectivity index (χ0n) is 18.3. The number of hydrogen-bond donors (Lipinski definition) is 1. The molecule has 2 aliphatic heterocycles. The van der Waals surface area contributed by atoms with Gasteiger partial charge in [0.05, 0.1) is 22.4 Å². The Morgan fingerprint density at radius 2 is 1.88 bits per heavy atom. The molecule has 32 heavy (non-hydrogen) atoms. The molecule has 2 unspecified atom stereocenters. The topological polar surface area (TPSA) is 65.3 Å². The van der Waals surface area contributed by atoms with E-state index in [4.69, 9.17) is 4.74 Å². The van der Waals surface area contributed by atoms with E-state index in [-0.39, 0.29) is 23.3 Å². The molecule has 0 amide bonds. The van der Waals surface area contributed by atoms with E-state index >= 15 is 0 Å². The normalized spacial score (nSPS) is 19.8. The van der Waals surface area contributed by atoms with E-state index in [0.29, 0.717) is 16.7 Å². The summed E-state index contributed by atoms with van der Waals surface area (Å²) >= 11 is 0. The number of methoxy groups -OCH3 is 1. The van der Waals surface area contributed by atoms with Gasteiger partial charge >= 0.3 is 0 Å². The number of rotatable bonds is 3. The highest BCUT2D eigenvalue weighted by Gasteiger charge is 2.37. The highest BCUT2D eigenvalue weighted by Crippen LogP contribution is 2.45. The molecule has 2 aromatic carbocycles. The Labute approximate surface area is 193 Å². The van der Waals surface area contributed by atoms with Gasteiger partial charge in [0.15, 0.2) is 0 Å². The smallest absolute Gasteiger partial charge is 0.208 e. The van der Waals surface area contributed by atoms with E-state index in [0.717, 1.165) is 41.1 Å². The number of para-hydroxylation sites is 1. The molecule has 2 atom stereocenters. The van der Waals surface area contributed by atoms with Gasteiger partial charge < -0.3 is 19.2 Å². The molecule has 1 fully saturated rings. The van der Waals surface area contributed by atoms with E-state index < -0.39 is 9.84 Å². The highest BCUT2D eigenvalue weighted by molar-refractivity contribution is 7.91. The minimum Gasteiger partial charge on any atom is -0.495 e. The Bertz CT molecular complexity index is 1490. The summed E-state index contributed by atoms with van der Waals surface area (Å²) in [7, 11) is 1.82. The summed E-state index contributed by atoms with van der Waals surface area (Å²) < 4.78 is 37.4. The van der Waals surface area contributed by atoms with Crippen molar-refractivity contribution in [3.63, 3.8) is 0 Å². The second-order valence-corrected chi connectivity index (χ2v) is 10.7.